The third-order valence-corrected chi connectivity index (χ3v) is 4.46. The van der Waals surface area contributed by atoms with Gasteiger partial charge in [-0.05, 0) is 18.6 Å². The molecule has 8 heteroatoms. The fourth-order valence-electron chi connectivity index (χ4n) is 3.14. The van der Waals surface area contributed by atoms with E-state index in [1.54, 1.807) is 29.3 Å². The average molecular weight is 354 g/mol. The highest BCUT2D eigenvalue weighted by Crippen LogP contribution is 2.23. The zero-order valence-corrected chi connectivity index (χ0v) is 14.4. The number of nitrogens with one attached hydrogen (secondary N) is 1. The van der Waals surface area contributed by atoms with Gasteiger partial charge in [0.2, 0.25) is 5.91 Å². The van der Waals surface area contributed by atoms with Crippen LogP contribution >= 0.6 is 0 Å². The SMILES string of the molecule is Cn1cc(-c2cnc3cnc(NC(=O)CN4CC[C@@H](F)C4)cc3c2)cn1. The Hall–Kier alpha value is -2.87. The van der Waals surface area contributed by atoms with Crippen LogP contribution in [0.25, 0.3) is 22.0 Å². The second-order valence-corrected chi connectivity index (χ2v) is 6.56. The lowest BCUT2D eigenvalue weighted by Gasteiger charge is -2.14. The molecule has 26 heavy (non-hydrogen) atoms. The van der Waals surface area contributed by atoms with Crippen LogP contribution in [-0.2, 0) is 11.8 Å². The molecule has 1 aliphatic rings. The molecule has 1 N–H and O–H groups in total. The number of carbonyl (C=O) groups is 1. The maximum atomic E-state index is 13.2. The van der Waals surface area contributed by atoms with Gasteiger partial charge in [-0.3, -0.25) is 19.4 Å². The molecule has 134 valence electrons. The van der Waals surface area contributed by atoms with Gasteiger partial charge in [-0.1, -0.05) is 0 Å². The first kappa shape index (κ1) is 16.6. The van der Waals surface area contributed by atoms with Crippen LogP contribution in [0.5, 0.6) is 0 Å². The van der Waals surface area contributed by atoms with Crippen LogP contribution in [0, 0.1) is 0 Å². The number of hydrogen-bond acceptors (Lipinski definition) is 5. The fourth-order valence-corrected chi connectivity index (χ4v) is 3.14. The zero-order chi connectivity index (χ0) is 18.1. The minimum absolute atomic E-state index is 0.175. The molecule has 1 atom stereocenters. The van der Waals surface area contributed by atoms with Gasteiger partial charge in [0.25, 0.3) is 0 Å². The van der Waals surface area contributed by atoms with Crippen molar-refractivity contribution >= 4 is 22.6 Å². The Morgan fingerprint density at radius 2 is 2.15 bits per heavy atom. The van der Waals surface area contributed by atoms with E-state index in [0.717, 1.165) is 22.0 Å². The molecule has 0 aliphatic carbocycles. The van der Waals surface area contributed by atoms with Gasteiger partial charge in [0.15, 0.2) is 0 Å². The lowest BCUT2D eigenvalue weighted by Crippen LogP contribution is -2.32. The molecule has 1 aliphatic heterocycles. The molecule has 3 aromatic rings. The summed E-state index contributed by atoms with van der Waals surface area (Å²) in [6.45, 7) is 1.10. The van der Waals surface area contributed by atoms with Crippen LogP contribution in [-0.4, -0.2) is 56.4 Å². The number of anilines is 1. The number of aryl methyl sites for hydroxylation is 1. The summed E-state index contributed by atoms with van der Waals surface area (Å²) in [6.07, 6.45) is 6.76. The van der Waals surface area contributed by atoms with Crippen molar-refractivity contribution in [1.82, 2.24) is 24.6 Å². The molecule has 1 fully saturated rings. The molecule has 7 nitrogen and oxygen atoms in total. The second-order valence-electron chi connectivity index (χ2n) is 6.56. The second kappa shape index (κ2) is 6.80. The van der Waals surface area contributed by atoms with Gasteiger partial charge in [0.05, 0.1) is 24.5 Å². The molecule has 0 unspecified atom stereocenters. The molecular weight excluding hydrogens is 335 g/mol. The minimum atomic E-state index is -0.835. The first-order valence-electron chi connectivity index (χ1n) is 8.48. The largest absolute Gasteiger partial charge is 0.310 e. The normalized spacial score (nSPS) is 17.7. The molecule has 0 aromatic carbocycles. The number of amides is 1. The molecule has 3 aromatic heterocycles. The van der Waals surface area contributed by atoms with Crippen LogP contribution in [0.4, 0.5) is 10.2 Å². The molecule has 0 saturated carbocycles. The number of pyridine rings is 2. The van der Waals surface area contributed by atoms with Crippen LogP contribution in [0.2, 0.25) is 0 Å². The monoisotopic (exact) mass is 354 g/mol. The topological polar surface area (TPSA) is 75.9 Å². The van der Waals surface area contributed by atoms with Gasteiger partial charge in [-0.25, -0.2) is 9.37 Å². The predicted molar refractivity (Wildman–Crippen MR) is 96.3 cm³/mol. The van der Waals surface area contributed by atoms with Gasteiger partial charge in [0.1, 0.15) is 12.0 Å². The number of rotatable bonds is 4. The Balaban J connectivity index is 1.51. The molecule has 1 amide bonds. The zero-order valence-electron chi connectivity index (χ0n) is 14.4. The van der Waals surface area contributed by atoms with Crippen molar-refractivity contribution in [2.24, 2.45) is 7.05 Å². The van der Waals surface area contributed by atoms with Crippen LogP contribution in [0.1, 0.15) is 6.42 Å². The fraction of sp³-hybridized carbons (Fsp3) is 0.333. The van der Waals surface area contributed by atoms with Gasteiger partial charge in [0, 0.05) is 49.0 Å². The number of carbonyl (C=O) groups excluding carboxylic acids is 1. The molecule has 4 rings (SSSR count). The van der Waals surface area contributed by atoms with Crippen molar-refractivity contribution in [3.8, 4) is 11.1 Å². The number of nitrogens with zero attached hydrogens (tertiary/aromatic N) is 5. The van der Waals surface area contributed by atoms with E-state index in [1.807, 2.05) is 24.2 Å². The standard InChI is InChI=1S/C18H19FN6O/c1-24-9-14(7-22-24)13-4-12-5-17(21-8-16(12)20-6-13)23-18(26)11-25-3-2-15(19)10-25/h4-9,15H,2-3,10-11H2,1H3,(H,21,23,26)/t15-/m1/s1. The predicted octanol–water partition coefficient (Wildman–Crippen LogP) is 2.01. The summed E-state index contributed by atoms with van der Waals surface area (Å²) in [5.74, 6) is 0.269. The van der Waals surface area contributed by atoms with Gasteiger partial charge in [-0.15, -0.1) is 0 Å². The van der Waals surface area contributed by atoms with Crippen LogP contribution in [0.15, 0.2) is 36.9 Å². The van der Waals surface area contributed by atoms with Gasteiger partial charge < -0.3 is 5.32 Å². The number of aromatic nitrogens is 4. The number of likely N-dealkylation sites (tertiary alicyclic amines) is 1. The van der Waals surface area contributed by atoms with Crippen molar-refractivity contribution in [2.45, 2.75) is 12.6 Å². The highest BCUT2D eigenvalue weighted by atomic mass is 19.1. The van der Waals surface area contributed by atoms with E-state index in [-0.39, 0.29) is 12.5 Å². The minimum Gasteiger partial charge on any atom is -0.310 e. The van der Waals surface area contributed by atoms with E-state index in [1.165, 1.54) is 0 Å². The number of hydrogen-bond donors (Lipinski definition) is 1. The highest BCUT2D eigenvalue weighted by Gasteiger charge is 2.23. The molecule has 0 spiro atoms. The van der Waals surface area contributed by atoms with Gasteiger partial charge in [-0.2, -0.15) is 5.10 Å². The van der Waals surface area contributed by atoms with E-state index in [2.05, 4.69) is 20.4 Å². The lowest BCUT2D eigenvalue weighted by molar-refractivity contribution is -0.117. The molecule has 0 radical (unpaired) electrons. The summed E-state index contributed by atoms with van der Waals surface area (Å²) >= 11 is 0. The Bertz CT molecular complexity index is 956. The number of alkyl halides is 1. The summed E-state index contributed by atoms with van der Waals surface area (Å²) in [4.78, 5) is 22.6. The van der Waals surface area contributed by atoms with Crippen molar-refractivity contribution < 1.29 is 9.18 Å². The summed E-state index contributed by atoms with van der Waals surface area (Å²) in [5, 5.41) is 7.83. The third-order valence-electron chi connectivity index (χ3n) is 4.46. The maximum absolute atomic E-state index is 13.2. The van der Waals surface area contributed by atoms with Crippen molar-refractivity contribution in [2.75, 3.05) is 25.0 Å². The molecular formula is C18H19FN6O. The third kappa shape index (κ3) is 3.55. The average Bonchev–Trinajstić information content (AvgIpc) is 3.22. The van der Waals surface area contributed by atoms with Crippen LogP contribution in [0.3, 0.4) is 0 Å². The summed E-state index contributed by atoms with van der Waals surface area (Å²) in [7, 11) is 1.86. The maximum Gasteiger partial charge on any atom is 0.239 e. The van der Waals surface area contributed by atoms with Crippen molar-refractivity contribution in [1.29, 1.82) is 0 Å². The number of fused-ring (bicyclic) bond motifs is 1. The highest BCUT2D eigenvalue weighted by molar-refractivity contribution is 5.93. The summed E-state index contributed by atoms with van der Waals surface area (Å²) in [6, 6.07) is 3.78. The van der Waals surface area contributed by atoms with E-state index < -0.39 is 6.17 Å². The molecule has 1 saturated heterocycles. The Morgan fingerprint density at radius 3 is 2.88 bits per heavy atom. The summed E-state index contributed by atoms with van der Waals surface area (Å²) in [5.41, 5.74) is 2.66. The van der Waals surface area contributed by atoms with Crippen LogP contribution < -0.4 is 5.32 Å². The smallest absolute Gasteiger partial charge is 0.239 e. The van der Waals surface area contributed by atoms with E-state index in [4.69, 9.17) is 0 Å². The quantitative estimate of drug-likeness (QED) is 0.776. The Labute approximate surface area is 149 Å². The first-order valence-corrected chi connectivity index (χ1v) is 8.48. The van der Waals surface area contributed by atoms with E-state index >= 15 is 0 Å². The Kier molecular flexibility index (Phi) is 4.34. The number of halogens is 1. The lowest BCUT2D eigenvalue weighted by atomic mass is 10.1. The molecule has 0 bridgehead atoms. The Morgan fingerprint density at radius 1 is 1.27 bits per heavy atom. The first-order chi connectivity index (χ1) is 12.6. The van der Waals surface area contributed by atoms with E-state index in [9.17, 15) is 9.18 Å². The van der Waals surface area contributed by atoms with Crippen molar-refractivity contribution in [3.05, 3.63) is 36.9 Å². The molecule has 4 heterocycles. The van der Waals surface area contributed by atoms with Gasteiger partial charge >= 0.3 is 0 Å². The summed E-state index contributed by atoms with van der Waals surface area (Å²) < 4.78 is 14.9. The van der Waals surface area contributed by atoms with Crippen molar-refractivity contribution in [3.63, 3.8) is 0 Å². The van der Waals surface area contributed by atoms with E-state index in [0.29, 0.717) is 25.3 Å².